The smallest absolute Gasteiger partial charge is 0.0281 e. The second kappa shape index (κ2) is 20.7. The first-order chi connectivity index (χ1) is 18.3. The number of benzene rings is 3. The van der Waals surface area contributed by atoms with Crippen molar-refractivity contribution in [2.45, 2.75) is 73.6 Å². The number of hydrogen-bond acceptors (Lipinski definition) is 1. The standard InChI is InChI=1S/C20H21Br.C8H8BrI.C6H15N/c1-3-5-6-16-7-9-17(10-8-16)11-12-19-13-14-20(21)15-18(19)4-2;1-2-6-5-7(9)3-4-8(6)10;1-4-7(5-2)6-3/h7-10,13-15H,3-6H2,1-2H3;3-5H,2H2,1H3;4-6H2,1-3H3. The monoisotopic (exact) mass is 751 g/mol. The molecular weight excluding hydrogens is 709 g/mol. The van der Waals surface area contributed by atoms with Crippen LogP contribution in [0.5, 0.6) is 0 Å². The van der Waals surface area contributed by atoms with E-state index >= 15 is 0 Å². The highest BCUT2D eigenvalue weighted by Crippen LogP contribution is 2.19. The average molecular weight is 753 g/mol. The lowest BCUT2D eigenvalue weighted by Gasteiger charge is -2.13. The Bertz CT molecular complexity index is 1120. The first-order valence-corrected chi connectivity index (χ1v) is 16.5. The summed E-state index contributed by atoms with van der Waals surface area (Å²) in [5, 5.41) is 0. The van der Waals surface area contributed by atoms with Gasteiger partial charge in [-0.15, -0.1) is 0 Å². The van der Waals surface area contributed by atoms with E-state index < -0.39 is 0 Å². The molecule has 1 nitrogen and oxygen atoms in total. The van der Waals surface area contributed by atoms with Gasteiger partial charge in [0.25, 0.3) is 0 Å². The minimum Gasteiger partial charge on any atom is -0.304 e. The molecule has 3 rings (SSSR count). The summed E-state index contributed by atoms with van der Waals surface area (Å²) >= 11 is 9.30. The number of rotatable bonds is 8. The molecule has 38 heavy (non-hydrogen) atoms. The van der Waals surface area contributed by atoms with Gasteiger partial charge in [0.1, 0.15) is 0 Å². The lowest BCUT2D eigenvalue weighted by atomic mass is 10.0. The molecule has 0 unspecified atom stereocenters. The van der Waals surface area contributed by atoms with E-state index in [0.717, 1.165) is 34.9 Å². The Balaban J connectivity index is 0.000000351. The van der Waals surface area contributed by atoms with Crippen molar-refractivity contribution in [2.75, 3.05) is 19.6 Å². The van der Waals surface area contributed by atoms with Gasteiger partial charge in [0, 0.05) is 23.6 Å². The van der Waals surface area contributed by atoms with Crippen LogP contribution in [0.3, 0.4) is 0 Å². The van der Waals surface area contributed by atoms with E-state index in [1.165, 1.54) is 57.2 Å². The predicted octanol–water partition coefficient (Wildman–Crippen LogP) is 10.7. The van der Waals surface area contributed by atoms with Crippen molar-refractivity contribution in [3.8, 4) is 11.8 Å². The van der Waals surface area contributed by atoms with Crippen LogP contribution >= 0.6 is 54.5 Å². The Morgan fingerprint density at radius 1 is 0.684 bits per heavy atom. The highest BCUT2D eigenvalue weighted by molar-refractivity contribution is 14.1. The fraction of sp³-hybridized carbons (Fsp3) is 0.412. The molecule has 0 heterocycles. The normalized spacial score (nSPS) is 10.1. The third kappa shape index (κ3) is 13.8. The summed E-state index contributed by atoms with van der Waals surface area (Å²) < 4.78 is 3.64. The van der Waals surface area contributed by atoms with Crippen LogP contribution < -0.4 is 0 Å². The summed E-state index contributed by atoms with van der Waals surface area (Å²) in [7, 11) is 0. The van der Waals surface area contributed by atoms with Crippen LogP contribution in [0.15, 0.2) is 69.6 Å². The Hall–Kier alpha value is -1.13. The van der Waals surface area contributed by atoms with Gasteiger partial charge in [-0.3, -0.25) is 0 Å². The molecule has 4 heteroatoms. The Labute approximate surface area is 263 Å². The largest absolute Gasteiger partial charge is 0.304 e. The van der Waals surface area contributed by atoms with E-state index in [1.54, 1.807) is 0 Å². The number of hydrogen-bond donors (Lipinski definition) is 0. The molecule has 0 saturated heterocycles. The van der Waals surface area contributed by atoms with Crippen molar-refractivity contribution in [2.24, 2.45) is 0 Å². The predicted molar refractivity (Wildman–Crippen MR) is 184 cm³/mol. The molecule has 0 atom stereocenters. The first-order valence-electron chi connectivity index (χ1n) is 13.9. The summed E-state index contributed by atoms with van der Waals surface area (Å²) in [4.78, 5) is 2.38. The van der Waals surface area contributed by atoms with Crippen molar-refractivity contribution >= 4 is 54.5 Å². The Morgan fingerprint density at radius 2 is 1.24 bits per heavy atom. The fourth-order valence-electron chi connectivity index (χ4n) is 3.74. The fourth-order valence-corrected chi connectivity index (χ4v) is 5.27. The van der Waals surface area contributed by atoms with Crippen molar-refractivity contribution in [1.29, 1.82) is 0 Å². The van der Waals surface area contributed by atoms with Crippen LogP contribution in [-0.2, 0) is 19.3 Å². The summed E-state index contributed by atoms with van der Waals surface area (Å²) in [5.74, 6) is 6.57. The maximum absolute atomic E-state index is 3.51. The molecule has 3 aromatic rings. The zero-order valence-corrected chi connectivity index (χ0v) is 29.3. The van der Waals surface area contributed by atoms with Crippen molar-refractivity contribution in [3.63, 3.8) is 0 Å². The molecule has 0 aliphatic carbocycles. The average Bonchev–Trinajstić information content (AvgIpc) is 2.94. The topological polar surface area (TPSA) is 3.24 Å². The maximum Gasteiger partial charge on any atom is 0.0281 e. The Kier molecular flexibility index (Phi) is 19.0. The van der Waals surface area contributed by atoms with Gasteiger partial charge in [-0.2, -0.15) is 0 Å². The van der Waals surface area contributed by atoms with E-state index in [0.29, 0.717) is 0 Å². The molecule has 0 aliphatic heterocycles. The van der Waals surface area contributed by atoms with Crippen LogP contribution in [-0.4, -0.2) is 24.5 Å². The second-order valence-electron chi connectivity index (χ2n) is 8.91. The molecular formula is C34H44Br2IN. The molecule has 206 valence electrons. The van der Waals surface area contributed by atoms with E-state index in [1.807, 2.05) is 0 Å². The lowest BCUT2D eigenvalue weighted by Crippen LogP contribution is -2.21. The molecule has 0 saturated carbocycles. The highest BCUT2D eigenvalue weighted by Gasteiger charge is 1.99. The minimum absolute atomic E-state index is 0.999. The van der Waals surface area contributed by atoms with Crippen LogP contribution in [0, 0.1) is 15.4 Å². The number of nitrogens with zero attached hydrogens (tertiary/aromatic N) is 1. The molecule has 0 amide bonds. The summed E-state index contributed by atoms with van der Waals surface area (Å²) in [5.41, 5.74) is 6.31. The van der Waals surface area contributed by atoms with Crippen molar-refractivity contribution in [3.05, 3.63) is 101 Å². The lowest BCUT2D eigenvalue weighted by molar-refractivity contribution is 0.321. The van der Waals surface area contributed by atoms with Crippen LogP contribution in [0.4, 0.5) is 0 Å². The minimum atomic E-state index is 0.999. The summed E-state index contributed by atoms with van der Waals surface area (Å²) in [6.07, 6.45) is 5.77. The Morgan fingerprint density at radius 3 is 1.71 bits per heavy atom. The molecule has 0 bridgehead atoms. The summed E-state index contributed by atoms with van der Waals surface area (Å²) in [6, 6.07) is 21.3. The van der Waals surface area contributed by atoms with Gasteiger partial charge in [0.15, 0.2) is 0 Å². The second-order valence-corrected chi connectivity index (χ2v) is 11.9. The van der Waals surface area contributed by atoms with Crippen molar-refractivity contribution < 1.29 is 0 Å². The van der Waals surface area contributed by atoms with Gasteiger partial charge in [0.2, 0.25) is 0 Å². The molecule has 0 N–H and O–H groups in total. The van der Waals surface area contributed by atoms with Gasteiger partial charge in [0.05, 0.1) is 0 Å². The zero-order valence-electron chi connectivity index (χ0n) is 24.0. The van der Waals surface area contributed by atoms with Gasteiger partial charge in [-0.25, -0.2) is 0 Å². The first kappa shape index (κ1) is 34.9. The maximum atomic E-state index is 3.51. The third-order valence-electron chi connectivity index (χ3n) is 6.29. The quantitative estimate of drug-likeness (QED) is 0.164. The third-order valence-corrected chi connectivity index (χ3v) is 8.33. The van der Waals surface area contributed by atoms with E-state index in [-0.39, 0.29) is 0 Å². The van der Waals surface area contributed by atoms with Crippen LogP contribution in [0.1, 0.15) is 82.2 Å². The van der Waals surface area contributed by atoms with Gasteiger partial charge < -0.3 is 4.90 Å². The zero-order chi connectivity index (χ0) is 28.3. The number of unbranched alkanes of at least 4 members (excludes halogenated alkanes) is 1. The molecule has 0 fully saturated rings. The van der Waals surface area contributed by atoms with Crippen LogP contribution in [0.2, 0.25) is 0 Å². The van der Waals surface area contributed by atoms with E-state index in [9.17, 15) is 0 Å². The van der Waals surface area contributed by atoms with Crippen LogP contribution in [0.25, 0.3) is 0 Å². The van der Waals surface area contributed by atoms with Crippen molar-refractivity contribution in [1.82, 2.24) is 4.90 Å². The SMILES string of the molecule is CCCCc1ccc(C#Cc2ccc(Br)cc2CC)cc1.CCN(CC)CC.CCc1cc(Br)ccc1I. The number of aryl methyl sites for hydroxylation is 3. The molecule has 0 aliphatic rings. The van der Waals surface area contributed by atoms with E-state index in [2.05, 4.69) is 173 Å². The summed E-state index contributed by atoms with van der Waals surface area (Å²) in [6.45, 7) is 16.7. The molecule has 3 aromatic carbocycles. The molecule has 0 spiro atoms. The molecule has 0 aromatic heterocycles. The highest BCUT2D eigenvalue weighted by atomic mass is 127. The number of halogens is 3. The van der Waals surface area contributed by atoms with Gasteiger partial charge >= 0.3 is 0 Å². The van der Waals surface area contributed by atoms with Gasteiger partial charge in [-0.05, 0) is 133 Å². The van der Waals surface area contributed by atoms with E-state index in [4.69, 9.17) is 0 Å². The molecule has 0 radical (unpaired) electrons. The van der Waals surface area contributed by atoms with Gasteiger partial charge in [-0.1, -0.05) is 104 Å².